The van der Waals surface area contributed by atoms with Gasteiger partial charge in [-0.2, -0.15) is 0 Å². The van der Waals surface area contributed by atoms with Gasteiger partial charge >= 0.3 is 5.97 Å². The highest BCUT2D eigenvalue weighted by Gasteiger charge is 2.50. The van der Waals surface area contributed by atoms with E-state index in [1.165, 1.54) is 0 Å². The average Bonchev–Trinajstić information content (AvgIpc) is 3.14. The lowest BCUT2D eigenvalue weighted by Crippen LogP contribution is -2.44. The van der Waals surface area contributed by atoms with Crippen molar-refractivity contribution in [3.63, 3.8) is 0 Å². The summed E-state index contributed by atoms with van der Waals surface area (Å²) in [5.41, 5.74) is 0. The molecular formula is C13H22N2O5. The molecule has 1 aliphatic rings. The third-order valence-electron chi connectivity index (χ3n) is 2.88. The Morgan fingerprint density at radius 1 is 1.20 bits per heavy atom. The third-order valence-corrected chi connectivity index (χ3v) is 2.88. The molecule has 3 atom stereocenters. The molecule has 3 N–H and O–H groups in total. The van der Waals surface area contributed by atoms with E-state index in [1.54, 1.807) is 0 Å². The number of rotatable bonds is 8. The first-order valence-corrected chi connectivity index (χ1v) is 6.83. The number of carbonyl (C=O) groups excluding carboxylic acids is 2. The van der Waals surface area contributed by atoms with Crippen LogP contribution in [-0.4, -0.2) is 47.7 Å². The maximum Gasteiger partial charge on any atom is 0.326 e. The number of hydrogen-bond donors (Lipinski definition) is 3. The maximum absolute atomic E-state index is 11.8. The van der Waals surface area contributed by atoms with Gasteiger partial charge in [-0.15, -0.1) is 0 Å². The fourth-order valence-electron chi connectivity index (χ4n) is 1.81. The predicted octanol–water partition coefficient (Wildman–Crippen LogP) is -0.104. The molecule has 0 unspecified atom stereocenters. The Hall–Kier alpha value is -1.63. The molecule has 0 aliphatic carbocycles. The van der Waals surface area contributed by atoms with Crippen LogP contribution < -0.4 is 10.6 Å². The summed E-state index contributed by atoms with van der Waals surface area (Å²) in [6, 6.07) is -0.953. The van der Waals surface area contributed by atoms with Crippen molar-refractivity contribution >= 4 is 17.8 Å². The molecule has 1 saturated heterocycles. The Bertz CT molecular complexity index is 383. The van der Waals surface area contributed by atoms with Crippen LogP contribution in [0.5, 0.6) is 0 Å². The molecule has 0 saturated carbocycles. The van der Waals surface area contributed by atoms with Gasteiger partial charge in [0.15, 0.2) is 12.2 Å². The van der Waals surface area contributed by atoms with E-state index in [9.17, 15) is 14.4 Å². The second-order valence-corrected chi connectivity index (χ2v) is 5.30. The minimum absolute atomic E-state index is 0.139. The summed E-state index contributed by atoms with van der Waals surface area (Å²) in [4.78, 5) is 34.4. The SMILES string of the molecule is CCCNC(=O)[C@H]1O[C@@H]1C(=O)N[C@H](CC(C)C)C(=O)O. The van der Waals surface area contributed by atoms with Gasteiger partial charge in [0.05, 0.1) is 0 Å². The zero-order valence-electron chi connectivity index (χ0n) is 12.0. The van der Waals surface area contributed by atoms with Crippen LogP contribution in [0.15, 0.2) is 0 Å². The molecule has 0 aromatic heterocycles. The number of carboxylic acids is 1. The van der Waals surface area contributed by atoms with E-state index in [1.807, 2.05) is 20.8 Å². The lowest BCUT2D eigenvalue weighted by molar-refractivity contribution is -0.142. The Morgan fingerprint density at radius 2 is 1.80 bits per heavy atom. The van der Waals surface area contributed by atoms with E-state index >= 15 is 0 Å². The van der Waals surface area contributed by atoms with E-state index in [2.05, 4.69) is 10.6 Å². The van der Waals surface area contributed by atoms with Crippen molar-refractivity contribution in [3.8, 4) is 0 Å². The van der Waals surface area contributed by atoms with Crippen LogP contribution in [0.25, 0.3) is 0 Å². The number of aliphatic carboxylic acids is 1. The van der Waals surface area contributed by atoms with E-state index < -0.39 is 30.1 Å². The zero-order chi connectivity index (χ0) is 15.3. The van der Waals surface area contributed by atoms with Crippen LogP contribution in [0.3, 0.4) is 0 Å². The predicted molar refractivity (Wildman–Crippen MR) is 71.0 cm³/mol. The van der Waals surface area contributed by atoms with Gasteiger partial charge in [0.1, 0.15) is 6.04 Å². The molecule has 7 heteroatoms. The Balaban J connectivity index is 2.43. The largest absolute Gasteiger partial charge is 0.480 e. The van der Waals surface area contributed by atoms with Gasteiger partial charge in [0, 0.05) is 6.54 Å². The van der Waals surface area contributed by atoms with Crippen LogP contribution in [0.4, 0.5) is 0 Å². The molecular weight excluding hydrogens is 264 g/mol. The second-order valence-electron chi connectivity index (χ2n) is 5.30. The zero-order valence-corrected chi connectivity index (χ0v) is 12.0. The number of carboxylic acid groups (broad SMARTS) is 1. The number of epoxide rings is 1. The summed E-state index contributed by atoms with van der Waals surface area (Å²) in [5, 5.41) is 14.1. The van der Waals surface area contributed by atoms with Crippen LogP contribution in [0.1, 0.15) is 33.6 Å². The molecule has 0 spiro atoms. The van der Waals surface area contributed by atoms with Gasteiger partial charge in [-0.05, 0) is 18.8 Å². The van der Waals surface area contributed by atoms with Gasteiger partial charge in [-0.1, -0.05) is 20.8 Å². The van der Waals surface area contributed by atoms with E-state index in [4.69, 9.17) is 9.84 Å². The molecule has 0 aromatic carbocycles. The lowest BCUT2D eigenvalue weighted by Gasteiger charge is -2.15. The van der Waals surface area contributed by atoms with E-state index in [0.717, 1.165) is 6.42 Å². The Kier molecular flexibility index (Phi) is 5.94. The molecule has 1 heterocycles. The first-order chi connectivity index (χ1) is 9.36. The molecule has 7 nitrogen and oxygen atoms in total. The molecule has 1 fully saturated rings. The quantitative estimate of drug-likeness (QED) is 0.540. The summed E-state index contributed by atoms with van der Waals surface area (Å²) < 4.78 is 5.01. The third kappa shape index (κ3) is 4.80. The molecule has 114 valence electrons. The van der Waals surface area contributed by atoms with E-state index in [-0.39, 0.29) is 11.8 Å². The smallest absolute Gasteiger partial charge is 0.326 e. The van der Waals surface area contributed by atoms with Crippen molar-refractivity contribution in [1.82, 2.24) is 10.6 Å². The fraction of sp³-hybridized carbons (Fsp3) is 0.769. The highest BCUT2D eigenvalue weighted by Crippen LogP contribution is 2.22. The summed E-state index contributed by atoms with van der Waals surface area (Å²) in [5.74, 6) is -1.82. The molecule has 0 radical (unpaired) electrons. The molecule has 1 aliphatic heterocycles. The summed E-state index contributed by atoms with van der Waals surface area (Å²) >= 11 is 0. The highest BCUT2D eigenvalue weighted by atomic mass is 16.6. The first kappa shape index (κ1) is 16.4. The summed E-state index contributed by atoms with van der Waals surface area (Å²) in [6.45, 7) is 6.19. The molecule has 20 heavy (non-hydrogen) atoms. The second kappa shape index (κ2) is 7.23. The average molecular weight is 286 g/mol. The van der Waals surface area contributed by atoms with Gasteiger partial charge < -0.3 is 20.5 Å². The van der Waals surface area contributed by atoms with Gasteiger partial charge in [-0.25, -0.2) is 4.79 Å². The first-order valence-electron chi connectivity index (χ1n) is 6.83. The van der Waals surface area contributed by atoms with Crippen LogP contribution >= 0.6 is 0 Å². The number of ether oxygens (including phenoxy) is 1. The van der Waals surface area contributed by atoms with Crippen LogP contribution in [-0.2, 0) is 19.1 Å². The van der Waals surface area contributed by atoms with Crippen molar-refractivity contribution < 1.29 is 24.2 Å². The minimum atomic E-state index is -1.08. The van der Waals surface area contributed by atoms with Crippen molar-refractivity contribution in [2.45, 2.75) is 51.9 Å². The number of hydrogen-bond acceptors (Lipinski definition) is 4. The monoisotopic (exact) mass is 286 g/mol. The number of nitrogens with one attached hydrogen (secondary N) is 2. The summed E-state index contributed by atoms with van der Waals surface area (Å²) in [6.07, 6.45) is -0.540. The molecule has 1 rings (SSSR count). The summed E-state index contributed by atoms with van der Waals surface area (Å²) in [7, 11) is 0. The van der Waals surface area contributed by atoms with Gasteiger partial charge in [0.2, 0.25) is 0 Å². The normalized spacial score (nSPS) is 22.2. The Labute approximate surface area is 118 Å². The van der Waals surface area contributed by atoms with Crippen molar-refractivity contribution in [2.24, 2.45) is 5.92 Å². The van der Waals surface area contributed by atoms with Crippen LogP contribution in [0, 0.1) is 5.92 Å². The lowest BCUT2D eigenvalue weighted by atomic mass is 10.0. The Morgan fingerprint density at radius 3 is 2.30 bits per heavy atom. The number of amides is 2. The van der Waals surface area contributed by atoms with Gasteiger partial charge in [0.25, 0.3) is 11.8 Å². The number of carbonyl (C=O) groups is 3. The standard InChI is InChI=1S/C13H22N2O5/c1-4-5-14-11(16)9-10(20-9)12(17)15-8(13(18)19)6-7(2)3/h7-10H,4-6H2,1-3H3,(H,14,16)(H,15,17)(H,18,19)/t8-,9+,10+/m1/s1. The van der Waals surface area contributed by atoms with Crippen LogP contribution in [0.2, 0.25) is 0 Å². The van der Waals surface area contributed by atoms with Crippen molar-refractivity contribution in [1.29, 1.82) is 0 Å². The highest BCUT2D eigenvalue weighted by molar-refractivity contribution is 5.96. The fourth-order valence-corrected chi connectivity index (χ4v) is 1.81. The van der Waals surface area contributed by atoms with Gasteiger partial charge in [-0.3, -0.25) is 9.59 Å². The minimum Gasteiger partial charge on any atom is -0.480 e. The molecule has 0 aromatic rings. The molecule has 2 amide bonds. The van der Waals surface area contributed by atoms with E-state index in [0.29, 0.717) is 13.0 Å². The maximum atomic E-state index is 11.8. The van der Waals surface area contributed by atoms with Crippen molar-refractivity contribution in [3.05, 3.63) is 0 Å². The molecule has 0 bridgehead atoms. The topological polar surface area (TPSA) is 108 Å². The van der Waals surface area contributed by atoms with Crippen molar-refractivity contribution in [2.75, 3.05) is 6.54 Å².